The van der Waals surface area contributed by atoms with Crippen LogP contribution < -0.4 is 16.4 Å². The Balaban J connectivity index is 2.06. The second-order valence-electron chi connectivity index (χ2n) is 4.58. The van der Waals surface area contributed by atoms with Gasteiger partial charge in [0.2, 0.25) is 0 Å². The zero-order valence-corrected chi connectivity index (χ0v) is 11.4. The molecule has 2 rings (SSSR count). The average Bonchev–Trinajstić information content (AvgIpc) is 2.45. The lowest BCUT2D eigenvalue weighted by atomic mass is 10.1. The van der Waals surface area contributed by atoms with Gasteiger partial charge in [-0.25, -0.2) is 13.6 Å². The molecule has 2 aromatic rings. The zero-order valence-electron chi connectivity index (χ0n) is 11.4. The lowest BCUT2D eigenvalue weighted by molar-refractivity contribution is 0.249. The van der Waals surface area contributed by atoms with Crippen molar-refractivity contribution in [2.45, 2.75) is 13.0 Å². The first kappa shape index (κ1) is 14.8. The van der Waals surface area contributed by atoms with Crippen molar-refractivity contribution in [3.8, 4) is 0 Å². The highest BCUT2D eigenvalue weighted by molar-refractivity contribution is 5.92. The minimum absolute atomic E-state index is 0.106. The summed E-state index contributed by atoms with van der Waals surface area (Å²) in [6.07, 6.45) is 0. The Morgan fingerprint density at radius 2 is 1.86 bits per heavy atom. The van der Waals surface area contributed by atoms with Crippen LogP contribution in [-0.2, 0) is 0 Å². The van der Waals surface area contributed by atoms with Gasteiger partial charge in [-0.3, -0.25) is 0 Å². The molecular weight excluding hydrogens is 276 g/mol. The maximum absolute atomic E-state index is 13.3. The molecule has 0 radical (unpaired) electrons. The highest BCUT2D eigenvalue weighted by Crippen LogP contribution is 2.23. The van der Waals surface area contributed by atoms with Crippen LogP contribution in [0.2, 0.25) is 0 Å². The number of benzene rings is 2. The molecule has 2 amide bonds. The van der Waals surface area contributed by atoms with E-state index < -0.39 is 17.7 Å². The Bertz CT molecular complexity index is 647. The van der Waals surface area contributed by atoms with Gasteiger partial charge in [0, 0.05) is 6.07 Å². The van der Waals surface area contributed by atoms with Gasteiger partial charge in [0.25, 0.3) is 0 Å². The maximum Gasteiger partial charge on any atom is 0.319 e. The zero-order chi connectivity index (χ0) is 15.4. The summed E-state index contributed by atoms with van der Waals surface area (Å²) in [5.41, 5.74) is 5.95. The summed E-state index contributed by atoms with van der Waals surface area (Å²) >= 11 is 0. The molecule has 0 aliphatic carbocycles. The molecule has 0 bridgehead atoms. The Labute approximate surface area is 121 Å². The van der Waals surface area contributed by atoms with E-state index >= 15 is 0 Å². The number of rotatable bonds is 3. The van der Waals surface area contributed by atoms with Gasteiger partial charge in [0.15, 0.2) is 5.82 Å². The maximum atomic E-state index is 13.3. The van der Waals surface area contributed by atoms with E-state index in [1.54, 1.807) is 6.92 Å². The number of carbonyl (C=O) groups is 1. The first-order valence-electron chi connectivity index (χ1n) is 6.34. The lowest BCUT2D eigenvalue weighted by Crippen LogP contribution is -2.31. The van der Waals surface area contributed by atoms with E-state index in [1.165, 1.54) is 0 Å². The second kappa shape index (κ2) is 6.21. The van der Waals surface area contributed by atoms with Gasteiger partial charge >= 0.3 is 6.03 Å². The molecular formula is C15H15F2N3O. The second-order valence-corrected chi connectivity index (χ2v) is 4.58. The number of nitrogens with two attached hydrogens (primary N) is 1. The Kier molecular flexibility index (Phi) is 4.37. The molecule has 0 aromatic heterocycles. The van der Waals surface area contributed by atoms with E-state index in [0.29, 0.717) is 6.07 Å². The number of amides is 2. The molecule has 110 valence electrons. The van der Waals surface area contributed by atoms with Crippen molar-refractivity contribution in [1.82, 2.24) is 5.32 Å². The van der Waals surface area contributed by atoms with Crippen molar-refractivity contribution in [2.24, 2.45) is 0 Å². The summed E-state index contributed by atoms with van der Waals surface area (Å²) in [7, 11) is 0. The van der Waals surface area contributed by atoms with Gasteiger partial charge in [-0.2, -0.15) is 0 Å². The van der Waals surface area contributed by atoms with Gasteiger partial charge < -0.3 is 16.4 Å². The van der Waals surface area contributed by atoms with E-state index in [9.17, 15) is 13.6 Å². The molecule has 4 nitrogen and oxygen atoms in total. The molecule has 0 saturated carbocycles. The van der Waals surface area contributed by atoms with Crippen LogP contribution in [0.15, 0.2) is 42.5 Å². The van der Waals surface area contributed by atoms with Gasteiger partial charge in [-0.15, -0.1) is 0 Å². The normalized spacial score (nSPS) is 11.8. The number of halogens is 2. The van der Waals surface area contributed by atoms with Crippen LogP contribution in [0.1, 0.15) is 18.5 Å². The monoisotopic (exact) mass is 291 g/mol. The highest BCUT2D eigenvalue weighted by Gasteiger charge is 2.13. The predicted octanol–water partition coefficient (Wildman–Crippen LogP) is 3.43. The van der Waals surface area contributed by atoms with Crippen LogP contribution in [-0.4, -0.2) is 6.03 Å². The Morgan fingerprint density at radius 3 is 2.52 bits per heavy atom. The van der Waals surface area contributed by atoms with Gasteiger partial charge in [-0.05, 0) is 18.6 Å². The number of nitrogens with one attached hydrogen (secondary N) is 2. The quantitative estimate of drug-likeness (QED) is 0.758. The number of nitrogen functional groups attached to an aromatic ring is 1. The molecule has 4 N–H and O–H groups in total. The Morgan fingerprint density at radius 1 is 1.19 bits per heavy atom. The molecule has 0 heterocycles. The Hall–Kier alpha value is -2.63. The van der Waals surface area contributed by atoms with Crippen LogP contribution in [0.5, 0.6) is 0 Å². The molecule has 0 spiro atoms. The molecule has 2 aromatic carbocycles. The van der Waals surface area contributed by atoms with Crippen molar-refractivity contribution < 1.29 is 13.6 Å². The summed E-state index contributed by atoms with van der Waals surface area (Å²) < 4.78 is 26.4. The molecule has 0 aliphatic heterocycles. The van der Waals surface area contributed by atoms with E-state index in [-0.39, 0.29) is 17.4 Å². The number of urea groups is 1. The average molecular weight is 291 g/mol. The number of anilines is 2. The first-order chi connectivity index (χ1) is 9.97. The SMILES string of the molecule is C[C@H](NC(=O)Nc1cc(F)cc(F)c1N)c1ccccc1. The van der Waals surface area contributed by atoms with Gasteiger partial charge in [-0.1, -0.05) is 30.3 Å². The smallest absolute Gasteiger partial charge is 0.319 e. The molecule has 6 heteroatoms. The van der Waals surface area contributed by atoms with Crippen LogP contribution >= 0.6 is 0 Å². The van der Waals surface area contributed by atoms with Crippen molar-refractivity contribution >= 4 is 17.4 Å². The lowest BCUT2D eigenvalue weighted by Gasteiger charge is -2.16. The van der Waals surface area contributed by atoms with E-state index in [0.717, 1.165) is 11.6 Å². The molecule has 0 fully saturated rings. The van der Waals surface area contributed by atoms with Crippen molar-refractivity contribution in [3.63, 3.8) is 0 Å². The van der Waals surface area contributed by atoms with Crippen LogP contribution in [0.4, 0.5) is 25.0 Å². The van der Waals surface area contributed by atoms with E-state index in [2.05, 4.69) is 10.6 Å². The predicted molar refractivity (Wildman–Crippen MR) is 77.8 cm³/mol. The van der Waals surface area contributed by atoms with Crippen LogP contribution in [0.3, 0.4) is 0 Å². The van der Waals surface area contributed by atoms with Gasteiger partial charge in [0.05, 0.1) is 17.4 Å². The molecule has 21 heavy (non-hydrogen) atoms. The highest BCUT2D eigenvalue weighted by atomic mass is 19.1. The minimum atomic E-state index is -0.915. The van der Waals surface area contributed by atoms with Crippen molar-refractivity contribution in [3.05, 3.63) is 59.7 Å². The molecule has 0 unspecified atom stereocenters. The standard InChI is InChI=1S/C15H15F2N3O/c1-9(10-5-3-2-4-6-10)19-15(21)20-13-8-11(16)7-12(17)14(13)18/h2-9H,18H2,1H3,(H2,19,20,21)/t9-/m0/s1. The fraction of sp³-hybridized carbons (Fsp3) is 0.133. The minimum Gasteiger partial charge on any atom is -0.395 e. The molecule has 1 atom stereocenters. The topological polar surface area (TPSA) is 67.2 Å². The van der Waals surface area contributed by atoms with Gasteiger partial charge in [0.1, 0.15) is 5.82 Å². The number of hydrogen-bond donors (Lipinski definition) is 3. The van der Waals surface area contributed by atoms with Crippen molar-refractivity contribution in [1.29, 1.82) is 0 Å². The summed E-state index contributed by atoms with van der Waals surface area (Å²) in [6, 6.07) is 10.1. The first-order valence-corrected chi connectivity index (χ1v) is 6.34. The van der Waals surface area contributed by atoms with E-state index in [1.807, 2.05) is 30.3 Å². The molecule has 0 saturated heterocycles. The number of hydrogen-bond acceptors (Lipinski definition) is 2. The van der Waals surface area contributed by atoms with E-state index in [4.69, 9.17) is 5.73 Å². The largest absolute Gasteiger partial charge is 0.395 e. The fourth-order valence-electron chi connectivity index (χ4n) is 1.87. The van der Waals surface area contributed by atoms with Crippen LogP contribution in [0, 0.1) is 11.6 Å². The molecule has 0 aliphatic rings. The summed E-state index contributed by atoms with van der Waals surface area (Å²) in [4.78, 5) is 11.8. The summed E-state index contributed by atoms with van der Waals surface area (Å²) in [5, 5.41) is 5.00. The fourth-order valence-corrected chi connectivity index (χ4v) is 1.87. The third-order valence-electron chi connectivity index (χ3n) is 2.99. The summed E-state index contributed by atoms with van der Waals surface area (Å²) in [6.45, 7) is 1.80. The van der Waals surface area contributed by atoms with Crippen LogP contribution in [0.25, 0.3) is 0 Å². The summed E-state index contributed by atoms with van der Waals surface area (Å²) in [5.74, 6) is -1.73. The number of carbonyl (C=O) groups excluding carboxylic acids is 1. The van der Waals surface area contributed by atoms with Crippen molar-refractivity contribution in [2.75, 3.05) is 11.1 Å². The third kappa shape index (κ3) is 3.68. The third-order valence-corrected chi connectivity index (χ3v) is 2.99.